The fourth-order valence-corrected chi connectivity index (χ4v) is 1.68. The van der Waals surface area contributed by atoms with E-state index in [2.05, 4.69) is 55.3 Å². The van der Waals surface area contributed by atoms with E-state index in [0.29, 0.717) is 5.89 Å². The van der Waals surface area contributed by atoms with Crippen molar-refractivity contribution < 1.29 is 4.52 Å². The Morgan fingerprint density at radius 1 is 1.16 bits per heavy atom. The van der Waals surface area contributed by atoms with Crippen LogP contribution in [-0.4, -0.2) is 10.1 Å². The minimum absolute atomic E-state index is 0.00805. The second-order valence-corrected chi connectivity index (χ2v) is 5.94. The maximum atomic E-state index is 5.33. The van der Waals surface area contributed by atoms with Crippen molar-refractivity contribution in [1.82, 2.24) is 10.1 Å². The molecule has 1 atom stereocenters. The molecular formula is C15H21N3O. The van der Waals surface area contributed by atoms with Crippen molar-refractivity contribution in [3.05, 3.63) is 41.5 Å². The summed E-state index contributed by atoms with van der Waals surface area (Å²) in [6, 6.07) is 8.23. The largest absolute Gasteiger partial charge is 0.374 e. The van der Waals surface area contributed by atoms with Gasteiger partial charge >= 0.3 is 0 Å². The van der Waals surface area contributed by atoms with Crippen molar-refractivity contribution in [2.24, 2.45) is 0 Å². The first-order valence-corrected chi connectivity index (χ1v) is 6.53. The van der Waals surface area contributed by atoms with Gasteiger partial charge in [0.05, 0.1) is 0 Å². The molecule has 1 aromatic carbocycles. The SMILES string of the molecule is Cc1ccc(NC(C)c2nc(C(C)(C)C)no2)cc1. The number of aryl methyl sites for hydroxylation is 1. The fraction of sp³-hybridized carbons (Fsp3) is 0.467. The number of hydrogen-bond donors (Lipinski definition) is 1. The molecule has 2 rings (SSSR count). The van der Waals surface area contributed by atoms with Crippen LogP contribution in [0.3, 0.4) is 0 Å². The predicted octanol–water partition coefficient (Wildman–Crippen LogP) is 3.85. The van der Waals surface area contributed by atoms with Gasteiger partial charge in [-0.15, -0.1) is 0 Å². The van der Waals surface area contributed by atoms with E-state index >= 15 is 0 Å². The Morgan fingerprint density at radius 3 is 2.32 bits per heavy atom. The molecule has 0 amide bonds. The number of benzene rings is 1. The molecular weight excluding hydrogens is 238 g/mol. The van der Waals surface area contributed by atoms with Crippen LogP contribution in [0.25, 0.3) is 0 Å². The topological polar surface area (TPSA) is 51.0 Å². The average molecular weight is 259 g/mol. The molecule has 1 aromatic heterocycles. The first-order valence-electron chi connectivity index (χ1n) is 6.53. The zero-order chi connectivity index (χ0) is 14.0. The summed E-state index contributed by atoms with van der Waals surface area (Å²) in [5.74, 6) is 1.35. The maximum absolute atomic E-state index is 5.33. The summed E-state index contributed by atoms with van der Waals surface area (Å²) >= 11 is 0. The Hall–Kier alpha value is -1.84. The molecule has 0 fully saturated rings. The molecule has 0 aliphatic carbocycles. The molecule has 1 heterocycles. The first kappa shape index (κ1) is 13.6. The Morgan fingerprint density at radius 2 is 1.79 bits per heavy atom. The van der Waals surface area contributed by atoms with Gasteiger partial charge in [0, 0.05) is 11.1 Å². The second-order valence-electron chi connectivity index (χ2n) is 5.94. The number of rotatable bonds is 3. The Balaban J connectivity index is 2.09. The molecule has 102 valence electrons. The summed E-state index contributed by atoms with van der Waals surface area (Å²) in [5, 5.41) is 7.39. The molecule has 1 unspecified atom stereocenters. The Labute approximate surface area is 114 Å². The second kappa shape index (κ2) is 5.03. The van der Waals surface area contributed by atoms with E-state index in [9.17, 15) is 0 Å². The highest BCUT2D eigenvalue weighted by Gasteiger charge is 2.22. The van der Waals surface area contributed by atoms with E-state index < -0.39 is 0 Å². The number of anilines is 1. The van der Waals surface area contributed by atoms with Gasteiger partial charge in [-0.1, -0.05) is 43.6 Å². The summed E-state index contributed by atoms with van der Waals surface area (Å²) in [6.07, 6.45) is 0. The highest BCUT2D eigenvalue weighted by Crippen LogP contribution is 2.22. The van der Waals surface area contributed by atoms with Crippen molar-refractivity contribution in [2.75, 3.05) is 5.32 Å². The fourth-order valence-electron chi connectivity index (χ4n) is 1.68. The van der Waals surface area contributed by atoms with E-state index in [1.807, 2.05) is 19.1 Å². The Bertz CT molecular complexity index is 537. The lowest BCUT2D eigenvalue weighted by Crippen LogP contribution is -2.14. The number of nitrogens with one attached hydrogen (secondary N) is 1. The zero-order valence-corrected chi connectivity index (χ0v) is 12.2. The molecule has 0 saturated carbocycles. The van der Waals surface area contributed by atoms with Gasteiger partial charge in [0.15, 0.2) is 5.82 Å². The van der Waals surface area contributed by atoms with Gasteiger partial charge in [0.1, 0.15) is 6.04 Å². The molecule has 2 aromatic rings. The van der Waals surface area contributed by atoms with Crippen molar-refractivity contribution in [3.8, 4) is 0 Å². The van der Waals surface area contributed by atoms with Crippen LogP contribution in [0.5, 0.6) is 0 Å². The summed E-state index contributed by atoms with van der Waals surface area (Å²) in [7, 11) is 0. The molecule has 19 heavy (non-hydrogen) atoms. The number of nitrogens with zero attached hydrogens (tertiary/aromatic N) is 2. The zero-order valence-electron chi connectivity index (χ0n) is 12.2. The summed E-state index contributed by atoms with van der Waals surface area (Å²) < 4.78 is 5.33. The van der Waals surface area contributed by atoms with Crippen LogP contribution in [0.2, 0.25) is 0 Å². The van der Waals surface area contributed by atoms with E-state index in [-0.39, 0.29) is 11.5 Å². The lowest BCUT2D eigenvalue weighted by atomic mass is 9.96. The van der Waals surface area contributed by atoms with Crippen molar-refractivity contribution >= 4 is 5.69 Å². The van der Waals surface area contributed by atoms with Crippen LogP contribution in [0.1, 0.15) is 51.0 Å². The van der Waals surface area contributed by atoms with Crippen LogP contribution in [0, 0.1) is 6.92 Å². The van der Waals surface area contributed by atoms with Crippen LogP contribution in [0.15, 0.2) is 28.8 Å². The van der Waals surface area contributed by atoms with Gasteiger partial charge in [-0.3, -0.25) is 0 Å². The number of aromatic nitrogens is 2. The minimum Gasteiger partial charge on any atom is -0.374 e. The molecule has 0 bridgehead atoms. The Kier molecular flexibility index (Phi) is 3.60. The van der Waals surface area contributed by atoms with Crippen molar-refractivity contribution in [1.29, 1.82) is 0 Å². The highest BCUT2D eigenvalue weighted by molar-refractivity contribution is 5.45. The van der Waals surface area contributed by atoms with Gasteiger partial charge in [0.25, 0.3) is 0 Å². The predicted molar refractivity (Wildman–Crippen MR) is 76.2 cm³/mol. The van der Waals surface area contributed by atoms with Crippen LogP contribution in [0.4, 0.5) is 5.69 Å². The van der Waals surface area contributed by atoms with Gasteiger partial charge in [-0.2, -0.15) is 4.98 Å². The van der Waals surface area contributed by atoms with Gasteiger partial charge in [0.2, 0.25) is 5.89 Å². The molecule has 0 aliphatic heterocycles. The van der Waals surface area contributed by atoms with Gasteiger partial charge in [-0.25, -0.2) is 0 Å². The van der Waals surface area contributed by atoms with Crippen LogP contribution < -0.4 is 5.32 Å². The quantitative estimate of drug-likeness (QED) is 0.909. The smallest absolute Gasteiger partial charge is 0.248 e. The third kappa shape index (κ3) is 3.34. The molecule has 0 radical (unpaired) electrons. The van der Waals surface area contributed by atoms with Crippen LogP contribution in [-0.2, 0) is 5.41 Å². The third-order valence-corrected chi connectivity index (χ3v) is 2.92. The summed E-state index contributed by atoms with van der Waals surface area (Å²) in [4.78, 5) is 4.45. The molecule has 0 aliphatic rings. The summed E-state index contributed by atoms with van der Waals surface area (Å²) in [6.45, 7) is 10.3. The van der Waals surface area contributed by atoms with E-state index in [1.165, 1.54) is 5.56 Å². The minimum atomic E-state index is -0.0919. The maximum Gasteiger partial charge on any atom is 0.248 e. The molecule has 4 heteroatoms. The highest BCUT2D eigenvalue weighted by atomic mass is 16.5. The summed E-state index contributed by atoms with van der Waals surface area (Å²) in [5.41, 5.74) is 2.20. The molecule has 0 saturated heterocycles. The van der Waals surface area contributed by atoms with Crippen LogP contribution >= 0.6 is 0 Å². The van der Waals surface area contributed by atoms with E-state index in [4.69, 9.17) is 4.52 Å². The standard InChI is InChI=1S/C15H21N3O/c1-10-6-8-12(9-7-10)16-11(2)13-17-14(18-19-13)15(3,4)5/h6-9,11,16H,1-5H3. The molecule has 4 nitrogen and oxygen atoms in total. The van der Waals surface area contributed by atoms with Crippen molar-refractivity contribution in [3.63, 3.8) is 0 Å². The lowest BCUT2D eigenvalue weighted by molar-refractivity contribution is 0.354. The normalized spacial score (nSPS) is 13.3. The van der Waals surface area contributed by atoms with E-state index in [0.717, 1.165) is 11.5 Å². The molecule has 1 N–H and O–H groups in total. The first-order chi connectivity index (χ1) is 8.86. The third-order valence-electron chi connectivity index (χ3n) is 2.92. The monoisotopic (exact) mass is 259 g/mol. The lowest BCUT2D eigenvalue weighted by Gasteiger charge is -2.12. The number of hydrogen-bond acceptors (Lipinski definition) is 4. The van der Waals surface area contributed by atoms with Gasteiger partial charge < -0.3 is 9.84 Å². The molecule has 0 spiro atoms. The van der Waals surface area contributed by atoms with E-state index in [1.54, 1.807) is 0 Å². The van der Waals surface area contributed by atoms with Gasteiger partial charge in [-0.05, 0) is 26.0 Å². The average Bonchev–Trinajstić information content (AvgIpc) is 2.81. The van der Waals surface area contributed by atoms with Crippen molar-refractivity contribution in [2.45, 2.75) is 46.1 Å².